The SMILES string of the molecule is CCCC(F)(F)C(F)(F)C(F)(F)C(F)(F)C(F)(F)[Te]1C=CC=C1. The molecule has 0 bridgehead atoms. The Labute approximate surface area is 131 Å². The molecular formula is C12H11F10Te. The maximum atomic E-state index is 13.7. The third kappa shape index (κ3) is 2.99. The number of halogens is 10. The third-order valence-electron chi connectivity index (χ3n) is 3.04. The van der Waals surface area contributed by atoms with Crippen LogP contribution in [0.5, 0.6) is 0 Å². The average Bonchev–Trinajstić information content (AvgIpc) is 2.92. The summed E-state index contributed by atoms with van der Waals surface area (Å²) in [6.45, 7) is 0.928. The Morgan fingerprint density at radius 1 is 0.696 bits per heavy atom. The summed E-state index contributed by atoms with van der Waals surface area (Å²) in [5.41, 5.74) is 0. The predicted molar refractivity (Wildman–Crippen MR) is 63.7 cm³/mol. The van der Waals surface area contributed by atoms with E-state index in [1.165, 1.54) is 0 Å². The summed E-state index contributed by atoms with van der Waals surface area (Å²) in [7, 11) is 0. The Kier molecular flexibility index (Phi) is 5.50. The molecular weight excluding hydrogens is 462 g/mol. The minimum absolute atomic E-state index is 0.551. The fourth-order valence-corrected chi connectivity index (χ4v) is 5.63. The van der Waals surface area contributed by atoms with Crippen LogP contribution in [0.2, 0.25) is 0 Å². The van der Waals surface area contributed by atoms with Gasteiger partial charge in [0.1, 0.15) is 0 Å². The Morgan fingerprint density at radius 3 is 1.52 bits per heavy atom. The molecule has 0 saturated heterocycles. The van der Waals surface area contributed by atoms with Gasteiger partial charge in [-0.25, -0.2) is 0 Å². The van der Waals surface area contributed by atoms with E-state index >= 15 is 0 Å². The van der Waals surface area contributed by atoms with Crippen LogP contribution in [-0.2, 0) is 0 Å². The predicted octanol–water partition coefficient (Wildman–Crippen LogP) is 5.20. The van der Waals surface area contributed by atoms with E-state index in [4.69, 9.17) is 0 Å². The number of hydrogen-bond donors (Lipinski definition) is 0. The summed E-state index contributed by atoms with van der Waals surface area (Å²) in [6, 6.07) is 0. The molecule has 0 aromatic heterocycles. The van der Waals surface area contributed by atoms with Gasteiger partial charge in [0.2, 0.25) is 0 Å². The zero-order valence-corrected chi connectivity index (χ0v) is 13.7. The molecule has 0 atom stereocenters. The molecule has 1 aliphatic rings. The van der Waals surface area contributed by atoms with Crippen LogP contribution >= 0.6 is 0 Å². The van der Waals surface area contributed by atoms with E-state index in [-0.39, 0.29) is 0 Å². The van der Waals surface area contributed by atoms with Crippen molar-refractivity contribution in [2.75, 3.05) is 0 Å². The van der Waals surface area contributed by atoms with Crippen LogP contribution in [0.1, 0.15) is 19.8 Å². The molecule has 0 aromatic rings. The first kappa shape index (κ1) is 20.6. The topological polar surface area (TPSA) is 0 Å². The van der Waals surface area contributed by atoms with Gasteiger partial charge < -0.3 is 0 Å². The van der Waals surface area contributed by atoms with Crippen LogP contribution in [0.15, 0.2) is 20.4 Å². The molecule has 23 heavy (non-hydrogen) atoms. The van der Waals surface area contributed by atoms with Crippen molar-refractivity contribution in [1.29, 1.82) is 0 Å². The van der Waals surface area contributed by atoms with Crippen LogP contribution < -0.4 is 0 Å². The van der Waals surface area contributed by atoms with Gasteiger partial charge in [-0.1, -0.05) is 0 Å². The molecule has 0 aromatic carbocycles. The minimum atomic E-state index is -6.92. The van der Waals surface area contributed by atoms with Crippen molar-refractivity contribution in [3.05, 3.63) is 20.4 Å². The van der Waals surface area contributed by atoms with E-state index in [1.807, 2.05) is 0 Å². The summed E-state index contributed by atoms with van der Waals surface area (Å²) in [5.74, 6) is -25.7. The van der Waals surface area contributed by atoms with E-state index in [0.717, 1.165) is 19.1 Å². The molecule has 0 amide bonds. The number of hydrogen-bond acceptors (Lipinski definition) is 0. The first-order valence-electron chi connectivity index (χ1n) is 6.13. The summed E-state index contributed by atoms with van der Waals surface area (Å²) in [5, 5.41) is 0. The van der Waals surface area contributed by atoms with Crippen molar-refractivity contribution < 1.29 is 43.9 Å². The second-order valence-electron chi connectivity index (χ2n) is 4.72. The van der Waals surface area contributed by atoms with Gasteiger partial charge in [-0.3, -0.25) is 0 Å². The normalized spacial score (nSPS) is 18.0. The van der Waals surface area contributed by atoms with E-state index < -0.39 is 60.1 Å². The fourth-order valence-electron chi connectivity index (χ4n) is 1.70. The molecule has 0 unspecified atom stereocenters. The number of rotatable bonds is 7. The summed E-state index contributed by atoms with van der Waals surface area (Å²) in [6.07, 6.45) is -0.794. The Hall–Kier alpha value is -0.430. The molecule has 0 nitrogen and oxygen atoms in total. The van der Waals surface area contributed by atoms with Gasteiger partial charge in [-0.15, -0.1) is 0 Å². The van der Waals surface area contributed by atoms with Crippen LogP contribution in [-0.4, -0.2) is 47.2 Å². The van der Waals surface area contributed by atoms with Gasteiger partial charge in [0, 0.05) is 0 Å². The van der Waals surface area contributed by atoms with Crippen molar-refractivity contribution in [1.82, 2.24) is 0 Å². The second kappa shape index (κ2) is 6.13. The van der Waals surface area contributed by atoms with E-state index in [0.29, 0.717) is 8.25 Å². The van der Waals surface area contributed by atoms with E-state index in [1.54, 1.807) is 0 Å². The monoisotopic (exact) mass is 475 g/mol. The Morgan fingerprint density at radius 2 is 1.13 bits per heavy atom. The van der Waals surface area contributed by atoms with Crippen molar-refractivity contribution in [2.45, 2.75) is 47.4 Å². The standard InChI is InChI=1S/C12H11F10Te/c1-2-5-8(13,14)9(15,16)10(17,18)11(19,20)12(21,22)23-6-3-4-7-23/h3-4,6-7H,2,5H2,1H3. The van der Waals surface area contributed by atoms with Crippen molar-refractivity contribution in [3.63, 3.8) is 0 Å². The first-order chi connectivity index (χ1) is 10.2. The molecule has 0 fully saturated rings. The molecule has 135 valence electrons. The van der Waals surface area contributed by atoms with E-state index in [2.05, 4.69) is 0 Å². The van der Waals surface area contributed by atoms with Crippen molar-refractivity contribution in [3.8, 4) is 0 Å². The third-order valence-corrected chi connectivity index (χ3v) is 8.03. The van der Waals surface area contributed by atoms with Gasteiger partial charge in [-0.2, -0.15) is 0 Å². The fraction of sp³-hybridized carbons (Fsp3) is 0.667. The molecule has 1 aliphatic heterocycles. The zero-order valence-electron chi connectivity index (χ0n) is 11.4. The van der Waals surface area contributed by atoms with Crippen LogP contribution in [0.3, 0.4) is 0 Å². The molecule has 1 rings (SSSR count). The Balaban J connectivity index is 3.33. The van der Waals surface area contributed by atoms with Crippen LogP contribution in [0, 0.1) is 0 Å². The van der Waals surface area contributed by atoms with Gasteiger partial charge in [0.05, 0.1) is 0 Å². The molecule has 1 radical (unpaired) electrons. The molecule has 1 heterocycles. The molecule has 11 heteroatoms. The molecule has 0 spiro atoms. The van der Waals surface area contributed by atoms with E-state index in [9.17, 15) is 43.9 Å². The van der Waals surface area contributed by atoms with Gasteiger partial charge in [0.15, 0.2) is 0 Å². The quantitative estimate of drug-likeness (QED) is 0.353. The molecule has 0 aliphatic carbocycles. The summed E-state index contributed by atoms with van der Waals surface area (Å²) >= 11 is -4.51. The van der Waals surface area contributed by atoms with Gasteiger partial charge in [0.25, 0.3) is 0 Å². The zero-order chi connectivity index (χ0) is 18.3. The second-order valence-corrected chi connectivity index (χ2v) is 9.86. The first-order valence-corrected chi connectivity index (χ1v) is 9.98. The maximum absolute atomic E-state index is 13.7. The van der Waals surface area contributed by atoms with Crippen molar-refractivity contribution >= 4 is 19.6 Å². The summed E-state index contributed by atoms with van der Waals surface area (Å²) in [4.78, 5) is 0. The molecule has 0 N–H and O–H groups in total. The average molecular weight is 473 g/mol. The molecule has 0 saturated carbocycles. The van der Waals surface area contributed by atoms with Gasteiger partial charge >= 0.3 is 131 Å². The number of allylic oxidation sites excluding steroid dienone is 2. The van der Waals surface area contributed by atoms with Crippen LogP contribution in [0.4, 0.5) is 43.9 Å². The Bertz CT molecular complexity index is 482. The van der Waals surface area contributed by atoms with Gasteiger partial charge in [-0.05, 0) is 0 Å². The van der Waals surface area contributed by atoms with Crippen LogP contribution in [0.25, 0.3) is 0 Å². The number of alkyl halides is 10. The summed E-state index contributed by atoms with van der Waals surface area (Å²) < 4.78 is 130. The van der Waals surface area contributed by atoms with Crippen molar-refractivity contribution in [2.24, 2.45) is 0 Å².